The molecule has 30 heavy (non-hydrogen) atoms. The van der Waals surface area contributed by atoms with Gasteiger partial charge in [-0.05, 0) is 38.1 Å². The van der Waals surface area contributed by atoms with Crippen LogP contribution in [-0.2, 0) is 10.0 Å². The van der Waals surface area contributed by atoms with Crippen LogP contribution < -0.4 is 14.9 Å². The molecular weight excluding hydrogens is 400 g/mol. The topological polar surface area (TPSA) is 105 Å². The van der Waals surface area contributed by atoms with Gasteiger partial charge >= 0.3 is 0 Å². The molecule has 1 aromatic carbocycles. The predicted octanol–water partition coefficient (Wildman–Crippen LogP) is 2.13. The van der Waals surface area contributed by atoms with Crippen LogP contribution in [0.1, 0.15) is 11.3 Å². The molecule has 0 amide bonds. The summed E-state index contributed by atoms with van der Waals surface area (Å²) in [5.41, 5.74) is 3.50. The van der Waals surface area contributed by atoms with Crippen molar-refractivity contribution in [2.75, 3.05) is 36.0 Å². The number of hydrogen-bond acceptors (Lipinski definition) is 7. The summed E-state index contributed by atoms with van der Waals surface area (Å²) >= 11 is 0. The Kier molecular flexibility index (Phi) is 5.40. The number of aromatic nitrogens is 3. The Hall–Kier alpha value is -3.04. The molecule has 0 atom stereocenters. The van der Waals surface area contributed by atoms with E-state index in [-0.39, 0.29) is 4.90 Å². The molecule has 2 aromatic heterocycles. The van der Waals surface area contributed by atoms with Crippen LogP contribution >= 0.6 is 0 Å². The van der Waals surface area contributed by atoms with Gasteiger partial charge in [0.05, 0.1) is 5.69 Å². The van der Waals surface area contributed by atoms with Crippen molar-refractivity contribution in [3.8, 4) is 11.4 Å². The summed E-state index contributed by atoms with van der Waals surface area (Å²) in [6, 6.07) is 10.7. The summed E-state index contributed by atoms with van der Waals surface area (Å²) in [6.07, 6.45) is 3.49. The number of benzene rings is 1. The summed E-state index contributed by atoms with van der Waals surface area (Å²) in [6.45, 7) is 6.76. The maximum Gasteiger partial charge on any atom is 0.240 e. The van der Waals surface area contributed by atoms with Crippen LogP contribution in [0.5, 0.6) is 0 Å². The Bertz CT molecular complexity index is 1160. The zero-order chi connectivity index (χ0) is 21.3. The lowest BCUT2D eigenvalue weighted by atomic mass is 10.2. The van der Waals surface area contributed by atoms with Gasteiger partial charge in [0.1, 0.15) is 10.7 Å². The van der Waals surface area contributed by atoms with E-state index in [1.165, 1.54) is 0 Å². The number of pyridine rings is 1. The fourth-order valence-electron chi connectivity index (χ4n) is 3.66. The van der Waals surface area contributed by atoms with E-state index in [4.69, 9.17) is 10.1 Å². The number of rotatable bonds is 4. The Morgan fingerprint density at radius 2 is 1.63 bits per heavy atom. The zero-order valence-corrected chi connectivity index (χ0v) is 17.8. The Morgan fingerprint density at radius 1 is 0.933 bits per heavy atom. The molecule has 1 fully saturated rings. The minimum atomic E-state index is -3.78. The van der Waals surface area contributed by atoms with Crippen molar-refractivity contribution in [2.24, 2.45) is 5.14 Å². The van der Waals surface area contributed by atoms with E-state index in [1.54, 1.807) is 30.6 Å². The van der Waals surface area contributed by atoms with Crippen molar-refractivity contribution >= 4 is 21.5 Å². The highest BCUT2D eigenvalue weighted by Gasteiger charge is 2.25. The van der Waals surface area contributed by atoms with Gasteiger partial charge in [-0.15, -0.1) is 0 Å². The van der Waals surface area contributed by atoms with E-state index in [1.807, 2.05) is 32.0 Å². The molecule has 4 rings (SSSR count). The summed E-state index contributed by atoms with van der Waals surface area (Å²) < 4.78 is 23.9. The first-order valence-corrected chi connectivity index (χ1v) is 11.3. The van der Waals surface area contributed by atoms with Gasteiger partial charge in [-0.2, -0.15) is 0 Å². The van der Waals surface area contributed by atoms with E-state index < -0.39 is 10.0 Å². The van der Waals surface area contributed by atoms with Gasteiger partial charge in [-0.25, -0.2) is 23.5 Å². The second kappa shape index (κ2) is 8.00. The third-order valence-corrected chi connectivity index (χ3v) is 6.33. The fraction of sp³-hybridized carbons (Fsp3) is 0.286. The molecule has 2 N–H and O–H groups in total. The average molecular weight is 425 g/mol. The van der Waals surface area contributed by atoms with Crippen molar-refractivity contribution in [1.82, 2.24) is 15.0 Å². The molecule has 8 nitrogen and oxygen atoms in total. The summed E-state index contributed by atoms with van der Waals surface area (Å²) in [7, 11) is -3.78. The van der Waals surface area contributed by atoms with Crippen molar-refractivity contribution in [3.05, 3.63) is 60.0 Å². The van der Waals surface area contributed by atoms with Crippen LogP contribution in [-0.4, -0.2) is 49.5 Å². The molecule has 0 spiro atoms. The first-order chi connectivity index (χ1) is 14.3. The third kappa shape index (κ3) is 3.99. The summed E-state index contributed by atoms with van der Waals surface area (Å²) in [4.78, 5) is 18.1. The van der Waals surface area contributed by atoms with Crippen LogP contribution in [0.25, 0.3) is 11.4 Å². The average Bonchev–Trinajstić information content (AvgIpc) is 2.76. The number of sulfonamides is 1. The Labute approximate surface area is 176 Å². The molecule has 0 aliphatic carbocycles. The van der Waals surface area contributed by atoms with Crippen molar-refractivity contribution < 1.29 is 8.42 Å². The second-order valence-electron chi connectivity index (χ2n) is 7.31. The lowest BCUT2D eigenvalue weighted by Gasteiger charge is -2.38. The van der Waals surface area contributed by atoms with Crippen LogP contribution in [0.3, 0.4) is 0 Å². The van der Waals surface area contributed by atoms with Gasteiger partial charge in [0.25, 0.3) is 0 Å². The predicted molar refractivity (Wildman–Crippen MR) is 117 cm³/mol. The molecular formula is C21H24N6O2S. The number of piperazine rings is 1. The number of primary sulfonamides is 1. The van der Waals surface area contributed by atoms with Gasteiger partial charge in [0.2, 0.25) is 10.0 Å². The standard InChI is InChI=1S/C21H24N6O2S/c1-15-16(2)24-20(17-6-5-9-23-14-17)25-21(15)27-12-10-26(11-13-27)18-7-3-4-8-19(18)30(22,28)29/h3-9,14H,10-13H2,1-2H3,(H2,22,28,29). The van der Waals surface area contributed by atoms with E-state index in [0.29, 0.717) is 37.7 Å². The molecule has 0 unspecified atom stereocenters. The van der Waals surface area contributed by atoms with Crippen LogP contribution in [0.15, 0.2) is 53.7 Å². The highest BCUT2D eigenvalue weighted by Crippen LogP contribution is 2.28. The maximum atomic E-state index is 12.0. The third-order valence-electron chi connectivity index (χ3n) is 5.37. The molecule has 9 heteroatoms. The van der Waals surface area contributed by atoms with Gasteiger partial charge in [0, 0.05) is 55.4 Å². The lowest BCUT2D eigenvalue weighted by Crippen LogP contribution is -2.47. The van der Waals surface area contributed by atoms with Crippen LogP contribution in [0.4, 0.5) is 11.5 Å². The normalized spacial score (nSPS) is 14.8. The number of nitrogens with zero attached hydrogens (tertiary/aromatic N) is 5. The SMILES string of the molecule is Cc1nc(-c2cccnc2)nc(N2CCN(c3ccccc3S(N)(=O)=O)CC2)c1C. The number of nitrogens with two attached hydrogens (primary N) is 1. The number of anilines is 2. The molecule has 156 valence electrons. The number of para-hydroxylation sites is 1. The fourth-order valence-corrected chi connectivity index (χ4v) is 4.42. The van der Waals surface area contributed by atoms with E-state index >= 15 is 0 Å². The molecule has 3 heterocycles. The van der Waals surface area contributed by atoms with Crippen molar-refractivity contribution in [1.29, 1.82) is 0 Å². The number of aryl methyl sites for hydroxylation is 1. The van der Waals surface area contributed by atoms with Crippen LogP contribution in [0.2, 0.25) is 0 Å². The Balaban J connectivity index is 1.59. The molecule has 3 aromatic rings. The Morgan fingerprint density at radius 3 is 2.30 bits per heavy atom. The maximum absolute atomic E-state index is 12.0. The monoisotopic (exact) mass is 424 g/mol. The molecule has 0 radical (unpaired) electrons. The first kappa shape index (κ1) is 20.2. The van der Waals surface area contributed by atoms with Gasteiger partial charge < -0.3 is 9.80 Å². The zero-order valence-electron chi connectivity index (χ0n) is 17.0. The molecule has 0 saturated carbocycles. The lowest BCUT2D eigenvalue weighted by molar-refractivity contribution is 0.595. The highest BCUT2D eigenvalue weighted by atomic mass is 32.2. The molecule has 1 aliphatic rings. The minimum Gasteiger partial charge on any atom is -0.367 e. The second-order valence-corrected chi connectivity index (χ2v) is 8.84. The minimum absolute atomic E-state index is 0.159. The summed E-state index contributed by atoms with van der Waals surface area (Å²) in [5, 5.41) is 5.40. The molecule has 0 bridgehead atoms. The van der Waals surface area contributed by atoms with Crippen molar-refractivity contribution in [3.63, 3.8) is 0 Å². The smallest absolute Gasteiger partial charge is 0.240 e. The van der Waals surface area contributed by atoms with Gasteiger partial charge in [-0.1, -0.05) is 12.1 Å². The van der Waals surface area contributed by atoms with E-state index in [9.17, 15) is 8.42 Å². The number of hydrogen-bond donors (Lipinski definition) is 1. The molecule has 1 saturated heterocycles. The van der Waals surface area contributed by atoms with E-state index in [2.05, 4.69) is 19.8 Å². The van der Waals surface area contributed by atoms with Crippen molar-refractivity contribution in [2.45, 2.75) is 18.7 Å². The van der Waals surface area contributed by atoms with Gasteiger partial charge in [0.15, 0.2) is 5.82 Å². The highest BCUT2D eigenvalue weighted by molar-refractivity contribution is 7.89. The van der Waals surface area contributed by atoms with Crippen LogP contribution in [0, 0.1) is 13.8 Å². The van der Waals surface area contributed by atoms with Gasteiger partial charge in [-0.3, -0.25) is 4.98 Å². The first-order valence-electron chi connectivity index (χ1n) is 9.72. The summed E-state index contributed by atoms with van der Waals surface area (Å²) in [5.74, 6) is 1.56. The largest absolute Gasteiger partial charge is 0.367 e. The van der Waals surface area contributed by atoms with E-state index in [0.717, 1.165) is 22.6 Å². The molecule has 1 aliphatic heterocycles. The quantitative estimate of drug-likeness (QED) is 0.684.